The van der Waals surface area contributed by atoms with E-state index in [1.807, 2.05) is 38.3 Å². The van der Waals surface area contributed by atoms with Crippen LogP contribution in [0.5, 0.6) is 0 Å². The number of nitrogens with zero attached hydrogens (tertiary/aromatic N) is 3. The summed E-state index contributed by atoms with van der Waals surface area (Å²) in [5.41, 5.74) is -0.480. The van der Waals surface area contributed by atoms with Gasteiger partial charge in [0.1, 0.15) is 5.60 Å². The molecule has 1 aromatic rings. The highest BCUT2D eigenvalue weighted by Crippen LogP contribution is 2.18. The van der Waals surface area contributed by atoms with E-state index in [0.717, 1.165) is 30.3 Å². The quantitative estimate of drug-likeness (QED) is 0.447. The van der Waals surface area contributed by atoms with Gasteiger partial charge < -0.3 is 25.2 Å². The number of piperazine rings is 1. The Morgan fingerprint density at radius 2 is 2.10 bits per heavy atom. The summed E-state index contributed by atoms with van der Waals surface area (Å²) in [5.74, 6) is 0.866. The third kappa shape index (κ3) is 6.73. The van der Waals surface area contributed by atoms with Crippen LogP contribution in [-0.4, -0.2) is 78.7 Å². The van der Waals surface area contributed by atoms with Gasteiger partial charge in [-0.25, -0.2) is 4.79 Å². The number of thiophene rings is 1. The monoisotopic (exact) mass is 535 g/mol. The highest BCUT2D eigenvalue weighted by Gasteiger charge is 2.36. The Hall–Kier alpha value is -1.56. The van der Waals surface area contributed by atoms with Crippen molar-refractivity contribution in [2.75, 3.05) is 39.3 Å². The molecule has 3 rings (SSSR count). The van der Waals surface area contributed by atoms with Gasteiger partial charge in [0, 0.05) is 32.7 Å². The molecule has 0 radical (unpaired) electrons. The topological polar surface area (TPSA) is 86.3 Å². The van der Waals surface area contributed by atoms with Gasteiger partial charge in [-0.2, -0.15) is 0 Å². The zero-order valence-corrected chi connectivity index (χ0v) is 20.3. The predicted octanol–water partition coefficient (Wildman–Crippen LogP) is 2.37. The van der Waals surface area contributed by atoms with Crippen molar-refractivity contribution in [2.45, 2.75) is 38.8 Å². The van der Waals surface area contributed by atoms with Gasteiger partial charge in [0.15, 0.2) is 5.96 Å². The SMILES string of the molecule is CC(C)(C)OC(=O)N1CCN2C(NCCCNC(=O)c3cccs3)=NCC2C1.I. The number of ether oxygens (including phenoxy) is 1. The zero-order valence-electron chi connectivity index (χ0n) is 17.1. The third-order valence-electron chi connectivity index (χ3n) is 4.53. The van der Waals surface area contributed by atoms with E-state index < -0.39 is 5.60 Å². The number of hydrogen-bond acceptors (Lipinski definition) is 7. The van der Waals surface area contributed by atoms with Crippen molar-refractivity contribution in [3.63, 3.8) is 0 Å². The van der Waals surface area contributed by atoms with Gasteiger partial charge in [-0.3, -0.25) is 9.79 Å². The van der Waals surface area contributed by atoms with E-state index in [-0.39, 0.29) is 42.0 Å². The first kappa shape index (κ1) is 23.7. The summed E-state index contributed by atoms with van der Waals surface area (Å²) in [5, 5.41) is 8.18. The second kappa shape index (κ2) is 10.5. The van der Waals surface area contributed by atoms with Crippen molar-refractivity contribution in [3.8, 4) is 0 Å². The number of aliphatic imine (C=N–C) groups is 1. The Morgan fingerprint density at radius 1 is 1.31 bits per heavy atom. The third-order valence-corrected chi connectivity index (χ3v) is 5.39. The fraction of sp³-hybridized carbons (Fsp3) is 0.632. The second-order valence-electron chi connectivity index (χ2n) is 7.95. The summed E-state index contributed by atoms with van der Waals surface area (Å²) < 4.78 is 5.47. The van der Waals surface area contributed by atoms with Crippen molar-refractivity contribution in [1.29, 1.82) is 0 Å². The van der Waals surface area contributed by atoms with Gasteiger partial charge in [0.25, 0.3) is 5.91 Å². The van der Waals surface area contributed by atoms with Crippen molar-refractivity contribution in [1.82, 2.24) is 20.4 Å². The molecule has 8 nitrogen and oxygen atoms in total. The number of rotatable bonds is 5. The van der Waals surface area contributed by atoms with Crippen LogP contribution >= 0.6 is 35.3 Å². The van der Waals surface area contributed by atoms with E-state index in [9.17, 15) is 9.59 Å². The standard InChI is InChI=1S/C19H29N5O3S.HI/c1-19(2,3)27-18(26)23-9-10-24-14(13-23)12-22-17(24)21-8-5-7-20-16(25)15-6-4-11-28-15;/h4,6,11,14H,5,7-10,12-13H2,1-3H3,(H,20,25)(H,21,22);1H. The maximum absolute atomic E-state index is 12.3. The number of nitrogens with one attached hydrogen (secondary N) is 2. The molecule has 10 heteroatoms. The van der Waals surface area contributed by atoms with Crippen LogP contribution in [0.15, 0.2) is 22.5 Å². The molecule has 0 aromatic carbocycles. The highest BCUT2D eigenvalue weighted by atomic mass is 127. The number of carbonyl (C=O) groups excluding carboxylic acids is 2. The first-order chi connectivity index (χ1) is 13.3. The molecule has 2 amide bonds. The summed E-state index contributed by atoms with van der Waals surface area (Å²) in [6, 6.07) is 3.89. The van der Waals surface area contributed by atoms with Gasteiger partial charge in [0.2, 0.25) is 0 Å². The summed E-state index contributed by atoms with van der Waals surface area (Å²) in [7, 11) is 0. The molecule has 29 heavy (non-hydrogen) atoms. The lowest BCUT2D eigenvalue weighted by Crippen LogP contribution is -2.57. The van der Waals surface area contributed by atoms with Crippen LogP contribution in [0, 0.1) is 0 Å². The highest BCUT2D eigenvalue weighted by molar-refractivity contribution is 14.0. The molecule has 1 atom stereocenters. The molecule has 1 aromatic heterocycles. The van der Waals surface area contributed by atoms with Crippen molar-refractivity contribution >= 4 is 53.3 Å². The summed E-state index contributed by atoms with van der Waals surface area (Å²) in [6.45, 7) is 9.67. The van der Waals surface area contributed by atoms with E-state index >= 15 is 0 Å². The Balaban J connectivity index is 0.00000300. The number of guanidine groups is 1. The van der Waals surface area contributed by atoms with E-state index in [2.05, 4.69) is 20.5 Å². The number of fused-ring (bicyclic) bond motifs is 1. The van der Waals surface area contributed by atoms with Crippen molar-refractivity contribution < 1.29 is 14.3 Å². The Bertz CT molecular complexity index is 720. The number of amides is 2. The van der Waals surface area contributed by atoms with Crippen LogP contribution in [0.3, 0.4) is 0 Å². The smallest absolute Gasteiger partial charge is 0.410 e. The van der Waals surface area contributed by atoms with Crippen molar-refractivity contribution in [3.05, 3.63) is 22.4 Å². The van der Waals surface area contributed by atoms with Crippen LogP contribution in [0.1, 0.15) is 36.9 Å². The lowest BCUT2D eigenvalue weighted by Gasteiger charge is -2.39. The summed E-state index contributed by atoms with van der Waals surface area (Å²) in [6.07, 6.45) is 0.564. The molecule has 0 spiro atoms. The average molecular weight is 535 g/mol. The van der Waals surface area contributed by atoms with Gasteiger partial charge in [0.05, 0.1) is 17.5 Å². The lowest BCUT2D eigenvalue weighted by atomic mass is 10.2. The molecule has 1 fully saturated rings. The van der Waals surface area contributed by atoms with Gasteiger partial charge in [-0.05, 0) is 38.6 Å². The van der Waals surface area contributed by atoms with Gasteiger partial charge in [-0.1, -0.05) is 6.07 Å². The minimum absolute atomic E-state index is 0. The zero-order chi connectivity index (χ0) is 20.1. The Labute approximate surface area is 193 Å². The summed E-state index contributed by atoms with van der Waals surface area (Å²) in [4.78, 5) is 33.5. The van der Waals surface area contributed by atoms with Crippen LogP contribution in [-0.2, 0) is 4.74 Å². The average Bonchev–Trinajstić information content (AvgIpc) is 3.29. The molecule has 0 saturated carbocycles. The van der Waals surface area contributed by atoms with E-state index in [1.165, 1.54) is 11.3 Å². The number of carbonyl (C=O) groups is 2. The molecule has 2 N–H and O–H groups in total. The molecular weight excluding hydrogens is 505 g/mol. The van der Waals surface area contributed by atoms with Crippen molar-refractivity contribution in [2.24, 2.45) is 4.99 Å². The molecular formula is C19H30IN5O3S. The largest absolute Gasteiger partial charge is 0.444 e. The van der Waals surface area contributed by atoms with Crippen LogP contribution < -0.4 is 10.6 Å². The minimum Gasteiger partial charge on any atom is -0.444 e. The first-order valence-electron chi connectivity index (χ1n) is 9.68. The minimum atomic E-state index is -0.480. The number of halogens is 1. The predicted molar refractivity (Wildman–Crippen MR) is 125 cm³/mol. The van der Waals surface area contributed by atoms with E-state index in [0.29, 0.717) is 26.2 Å². The lowest BCUT2D eigenvalue weighted by molar-refractivity contribution is 0.0137. The maximum atomic E-state index is 12.3. The number of hydrogen-bond donors (Lipinski definition) is 2. The molecule has 2 aliphatic heterocycles. The fourth-order valence-electron chi connectivity index (χ4n) is 3.21. The fourth-order valence-corrected chi connectivity index (χ4v) is 3.85. The van der Waals surface area contributed by atoms with E-state index in [4.69, 9.17) is 4.74 Å². The molecule has 1 unspecified atom stereocenters. The summed E-state index contributed by atoms with van der Waals surface area (Å²) >= 11 is 1.44. The molecule has 2 aliphatic rings. The Kier molecular flexibility index (Phi) is 8.56. The maximum Gasteiger partial charge on any atom is 0.410 e. The molecule has 162 valence electrons. The van der Waals surface area contributed by atoms with Gasteiger partial charge in [-0.15, -0.1) is 35.3 Å². The molecule has 0 bridgehead atoms. The normalized spacial score (nSPS) is 18.4. The second-order valence-corrected chi connectivity index (χ2v) is 8.90. The van der Waals surface area contributed by atoms with Gasteiger partial charge >= 0.3 is 6.09 Å². The van der Waals surface area contributed by atoms with Crippen LogP contribution in [0.4, 0.5) is 4.79 Å². The Morgan fingerprint density at radius 3 is 2.79 bits per heavy atom. The van der Waals surface area contributed by atoms with Crippen LogP contribution in [0.2, 0.25) is 0 Å². The van der Waals surface area contributed by atoms with E-state index in [1.54, 1.807) is 4.90 Å². The first-order valence-corrected chi connectivity index (χ1v) is 10.6. The van der Waals surface area contributed by atoms with Crippen LogP contribution in [0.25, 0.3) is 0 Å². The molecule has 0 aliphatic carbocycles. The molecule has 1 saturated heterocycles. The molecule has 3 heterocycles.